The highest BCUT2D eigenvalue weighted by atomic mass is 35.5. The molecule has 19 heavy (non-hydrogen) atoms. The van der Waals surface area contributed by atoms with Crippen molar-refractivity contribution in [2.24, 2.45) is 5.41 Å². The molecule has 1 aromatic heterocycles. The number of aliphatic hydroxyl groups excluding tert-OH is 1. The molecule has 1 fully saturated rings. The van der Waals surface area contributed by atoms with Crippen molar-refractivity contribution < 1.29 is 9.84 Å². The van der Waals surface area contributed by atoms with Gasteiger partial charge in [-0.15, -0.1) is 0 Å². The van der Waals surface area contributed by atoms with Crippen LogP contribution in [0.4, 0.5) is 5.69 Å². The van der Waals surface area contributed by atoms with Crippen molar-refractivity contribution in [1.29, 1.82) is 0 Å². The first-order valence-corrected chi connectivity index (χ1v) is 6.59. The minimum Gasteiger partial charge on any atom is -0.396 e. The van der Waals surface area contributed by atoms with Gasteiger partial charge in [-0.3, -0.25) is 4.79 Å². The fraction of sp³-hybridized carbons (Fsp3) is 0.667. The van der Waals surface area contributed by atoms with E-state index in [-0.39, 0.29) is 22.6 Å². The van der Waals surface area contributed by atoms with Gasteiger partial charge >= 0.3 is 0 Å². The molecule has 2 rings (SSSR count). The molecule has 0 aliphatic heterocycles. The third kappa shape index (κ3) is 3.26. The molecule has 1 saturated carbocycles. The zero-order valence-electron chi connectivity index (χ0n) is 10.9. The third-order valence-electron chi connectivity index (χ3n) is 3.44. The van der Waals surface area contributed by atoms with Crippen LogP contribution in [-0.2, 0) is 11.3 Å². The number of anilines is 1. The van der Waals surface area contributed by atoms with Gasteiger partial charge in [0.15, 0.2) is 0 Å². The maximum Gasteiger partial charge on any atom is 0.287 e. The van der Waals surface area contributed by atoms with Crippen molar-refractivity contribution in [2.45, 2.75) is 19.4 Å². The van der Waals surface area contributed by atoms with E-state index in [1.165, 1.54) is 10.9 Å². The van der Waals surface area contributed by atoms with Gasteiger partial charge in [0.05, 0.1) is 31.6 Å². The molecular weight excluding hydrogens is 270 g/mol. The van der Waals surface area contributed by atoms with E-state index in [9.17, 15) is 9.90 Å². The Hall–Kier alpha value is -1.11. The summed E-state index contributed by atoms with van der Waals surface area (Å²) in [5.74, 6) is 0. The summed E-state index contributed by atoms with van der Waals surface area (Å²) in [4.78, 5) is 11.9. The van der Waals surface area contributed by atoms with Crippen LogP contribution >= 0.6 is 11.6 Å². The summed E-state index contributed by atoms with van der Waals surface area (Å²) in [5, 5.41) is 16.5. The molecule has 0 aromatic carbocycles. The normalized spacial score (nSPS) is 16.4. The average molecular weight is 288 g/mol. The van der Waals surface area contributed by atoms with Crippen molar-refractivity contribution in [3.63, 3.8) is 0 Å². The van der Waals surface area contributed by atoms with Crippen LogP contribution in [0.5, 0.6) is 0 Å². The molecule has 7 heteroatoms. The van der Waals surface area contributed by atoms with Crippen molar-refractivity contribution in [2.75, 3.05) is 32.2 Å². The molecule has 0 spiro atoms. The second-order valence-corrected chi connectivity index (χ2v) is 5.28. The molecule has 1 aromatic rings. The van der Waals surface area contributed by atoms with Crippen LogP contribution in [0.2, 0.25) is 5.02 Å². The third-order valence-corrected chi connectivity index (χ3v) is 3.80. The van der Waals surface area contributed by atoms with Gasteiger partial charge in [0.1, 0.15) is 5.02 Å². The number of methoxy groups -OCH3 is 1. The van der Waals surface area contributed by atoms with Crippen molar-refractivity contribution >= 4 is 17.3 Å². The number of nitrogens with zero attached hydrogens (tertiary/aromatic N) is 2. The molecule has 106 valence electrons. The fourth-order valence-corrected chi connectivity index (χ4v) is 1.99. The molecule has 1 aliphatic carbocycles. The maximum atomic E-state index is 11.9. The maximum absolute atomic E-state index is 11.9. The van der Waals surface area contributed by atoms with Gasteiger partial charge in [0.2, 0.25) is 0 Å². The van der Waals surface area contributed by atoms with E-state index in [0.717, 1.165) is 12.8 Å². The van der Waals surface area contributed by atoms with E-state index in [1.54, 1.807) is 7.11 Å². The molecule has 6 nitrogen and oxygen atoms in total. The van der Waals surface area contributed by atoms with Crippen LogP contribution in [-0.4, -0.2) is 41.8 Å². The molecule has 0 radical (unpaired) electrons. The summed E-state index contributed by atoms with van der Waals surface area (Å²) in [6.07, 6.45) is 3.52. The Morgan fingerprint density at radius 3 is 2.95 bits per heavy atom. The van der Waals surface area contributed by atoms with Crippen LogP contribution < -0.4 is 10.9 Å². The topological polar surface area (TPSA) is 76.4 Å². The van der Waals surface area contributed by atoms with Gasteiger partial charge in [-0.25, -0.2) is 4.68 Å². The Labute approximate surface area is 116 Å². The number of halogens is 1. The fourth-order valence-electron chi connectivity index (χ4n) is 1.78. The van der Waals surface area contributed by atoms with Gasteiger partial charge in [-0.05, 0) is 12.8 Å². The Bertz CT molecular complexity index is 499. The lowest BCUT2D eigenvalue weighted by Gasteiger charge is -2.15. The van der Waals surface area contributed by atoms with Crippen molar-refractivity contribution in [3.8, 4) is 0 Å². The second kappa shape index (κ2) is 5.90. The second-order valence-electron chi connectivity index (χ2n) is 4.90. The summed E-state index contributed by atoms with van der Waals surface area (Å²) in [6, 6.07) is 0. The highest BCUT2D eigenvalue weighted by Gasteiger charge is 2.41. The summed E-state index contributed by atoms with van der Waals surface area (Å²) in [6.45, 7) is 1.53. The Morgan fingerprint density at radius 2 is 2.37 bits per heavy atom. The van der Waals surface area contributed by atoms with E-state index in [0.29, 0.717) is 25.4 Å². The van der Waals surface area contributed by atoms with Crippen molar-refractivity contribution in [1.82, 2.24) is 9.78 Å². The molecule has 0 unspecified atom stereocenters. The number of hydrogen-bond acceptors (Lipinski definition) is 5. The zero-order valence-corrected chi connectivity index (χ0v) is 11.6. The Balaban J connectivity index is 2.06. The van der Waals surface area contributed by atoms with E-state index < -0.39 is 0 Å². The van der Waals surface area contributed by atoms with Crippen molar-refractivity contribution in [3.05, 3.63) is 21.6 Å². The standard InChI is InChI=1S/C12H18ClN3O3/c1-19-5-4-16-11(18)10(13)9(6-15-16)14-7-12(8-17)2-3-12/h6,14,17H,2-5,7-8H2,1H3. The first-order valence-electron chi connectivity index (χ1n) is 6.21. The van der Waals surface area contributed by atoms with E-state index in [4.69, 9.17) is 16.3 Å². The molecular formula is C12H18ClN3O3. The van der Waals surface area contributed by atoms with Gasteiger partial charge < -0.3 is 15.2 Å². The minimum atomic E-state index is -0.336. The summed E-state index contributed by atoms with van der Waals surface area (Å²) < 4.78 is 6.17. The minimum absolute atomic E-state index is 0.0474. The first kappa shape index (κ1) is 14.3. The number of nitrogens with one attached hydrogen (secondary N) is 1. The SMILES string of the molecule is COCCn1ncc(NCC2(CO)CC2)c(Cl)c1=O. The van der Waals surface area contributed by atoms with Crippen LogP contribution in [0.15, 0.2) is 11.0 Å². The summed E-state index contributed by atoms with van der Waals surface area (Å²) in [7, 11) is 1.56. The van der Waals surface area contributed by atoms with Crippen LogP contribution in [0, 0.1) is 5.41 Å². The monoisotopic (exact) mass is 287 g/mol. The Morgan fingerprint density at radius 1 is 1.63 bits per heavy atom. The molecule has 1 aliphatic rings. The zero-order chi connectivity index (χ0) is 13.9. The number of hydrogen-bond donors (Lipinski definition) is 2. The summed E-state index contributed by atoms with van der Waals surface area (Å²) in [5.41, 5.74) is 0.131. The van der Waals surface area contributed by atoms with E-state index in [2.05, 4.69) is 10.4 Å². The molecule has 0 amide bonds. The number of ether oxygens (including phenoxy) is 1. The van der Waals surface area contributed by atoms with Crippen LogP contribution in [0.25, 0.3) is 0 Å². The van der Waals surface area contributed by atoms with E-state index >= 15 is 0 Å². The van der Waals surface area contributed by atoms with Crippen LogP contribution in [0.3, 0.4) is 0 Å². The van der Waals surface area contributed by atoms with E-state index in [1.807, 2.05) is 0 Å². The lowest BCUT2D eigenvalue weighted by Crippen LogP contribution is -2.27. The van der Waals surface area contributed by atoms with Gasteiger partial charge in [-0.1, -0.05) is 11.6 Å². The molecule has 0 bridgehead atoms. The van der Waals surface area contributed by atoms with Crippen LogP contribution in [0.1, 0.15) is 12.8 Å². The number of rotatable bonds is 7. The molecule has 0 atom stereocenters. The molecule has 2 N–H and O–H groups in total. The average Bonchev–Trinajstić information content (AvgIpc) is 3.20. The van der Waals surface area contributed by atoms with Gasteiger partial charge in [0, 0.05) is 19.1 Å². The van der Waals surface area contributed by atoms with Gasteiger partial charge in [-0.2, -0.15) is 5.10 Å². The quantitative estimate of drug-likeness (QED) is 0.773. The smallest absolute Gasteiger partial charge is 0.287 e. The van der Waals surface area contributed by atoms with Gasteiger partial charge in [0.25, 0.3) is 5.56 Å². The lowest BCUT2D eigenvalue weighted by molar-refractivity contribution is 0.182. The highest BCUT2D eigenvalue weighted by molar-refractivity contribution is 6.32. The predicted molar refractivity (Wildman–Crippen MR) is 72.6 cm³/mol. The predicted octanol–water partition coefficient (Wildman–Crippen LogP) is 0.727. The lowest BCUT2D eigenvalue weighted by atomic mass is 10.1. The highest BCUT2D eigenvalue weighted by Crippen LogP contribution is 2.45. The summed E-state index contributed by atoms with van der Waals surface area (Å²) >= 11 is 6.03. The molecule has 0 saturated heterocycles. The largest absolute Gasteiger partial charge is 0.396 e. The molecule has 1 heterocycles. The number of aliphatic hydroxyl groups is 1. The Kier molecular flexibility index (Phi) is 4.44. The number of aromatic nitrogens is 2. The first-order chi connectivity index (χ1) is 9.12.